The summed E-state index contributed by atoms with van der Waals surface area (Å²) >= 11 is 0. The number of fused-ring (bicyclic) bond motifs is 1. The van der Waals surface area contributed by atoms with E-state index in [-0.39, 0.29) is 11.5 Å². The molecule has 0 atom stereocenters. The molecule has 2 nitrogen and oxygen atoms in total. The molecule has 0 bridgehead atoms. The summed E-state index contributed by atoms with van der Waals surface area (Å²) in [4.78, 5) is 12.3. The lowest BCUT2D eigenvalue weighted by Crippen LogP contribution is -1.98. The number of hydrogen-bond donors (Lipinski definition) is 1. The van der Waals surface area contributed by atoms with Gasteiger partial charge in [0.1, 0.15) is 5.75 Å². The predicted molar refractivity (Wildman–Crippen MR) is 96.4 cm³/mol. The Kier molecular flexibility index (Phi) is 3.46. The molecular formula is C22H18O2. The summed E-state index contributed by atoms with van der Waals surface area (Å²) in [7, 11) is 0. The van der Waals surface area contributed by atoms with Crippen LogP contribution in [0.25, 0.3) is 22.3 Å². The number of carbonyl (C=O) groups is 1. The van der Waals surface area contributed by atoms with E-state index in [1.165, 1.54) is 0 Å². The van der Waals surface area contributed by atoms with E-state index >= 15 is 0 Å². The fourth-order valence-corrected chi connectivity index (χ4v) is 3.59. The highest BCUT2D eigenvalue weighted by Crippen LogP contribution is 2.41. The molecule has 3 aromatic carbocycles. The fourth-order valence-electron chi connectivity index (χ4n) is 3.59. The van der Waals surface area contributed by atoms with Crippen molar-refractivity contribution in [3.63, 3.8) is 0 Å². The molecule has 1 N–H and O–H groups in total. The van der Waals surface area contributed by atoms with E-state index < -0.39 is 0 Å². The van der Waals surface area contributed by atoms with Gasteiger partial charge in [0.05, 0.1) is 0 Å². The van der Waals surface area contributed by atoms with Gasteiger partial charge in [0, 0.05) is 17.5 Å². The highest BCUT2D eigenvalue weighted by Gasteiger charge is 2.27. The maximum absolute atomic E-state index is 12.3. The van der Waals surface area contributed by atoms with E-state index in [4.69, 9.17) is 0 Å². The van der Waals surface area contributed by atoms with Gasteiger partial charge in [0.15, 0.2) is 5.78 Å². The lowest BCUT2D eigenvalue weighted by Gasteiger charge is -2.13. The third kappa shape index (κ3) is 2.31. The molecule has 0 radical (unpaired) electrons. The molecule has 0 aromatic heterocycles. The van der Waals surface area contributed by atoms with E-state index in [9.17, 15) is 9.90 Å². The van der Waals surface area contributed by atoms with Crippen molar-refractivity contribution in [2.75, 3.05) is 0 Å². The van der Waals surface area contributed by atoms with Crippen molar-refractivity contribution >= 4 is 5.78 Å². The summed E-state index contributed by atoms with van der Waals surface area (Å²) in [6.45, 7) is 1.96. The molecular weight excluding hydrogens is 296 g/mol. The highest BCUT2D eigenvalue weighted by molar-refractivity contribution is 6.08. The lowest BCUT2D eigenvalue weighted by molar-refractivity contribution is 0.0995. The van der Waals surface area contributed by atoms with Gasteiger partial charge >= 0.3 is 0 Å². The Morgan fingerprint density at radius 2 is 1.42 bits per heavy atom. The fraction of sp³-hybridized carbons (Fsp3) is 0.136. The Morgan fingerprint density at radius 3 is 2.12 bits per heavy atom. The van der Waals surface area contributed by atoms with Gasteiger partial charge in [-0.05, 0) is 47.2 Å². The Labute approximate surface area is 141 Å². The molecule has 3 aromatic rings. The number of phenolic OH excluding ortho intramolecular Hbond substituents is 1. The van der Waals surface area contributed by atoms with Crippen LogP contribution in [-0.4, -0.2) is 10.9 Å². The van der Waals surface area contributed by atoms with Crippen molar-refractivity contribution in [1.29, 1.82) is 0 Å². The average molecular weight is 314 g/mol. The van der Waals surface area contributed by atoms with Crippen molar-refractivity contribution in [2.24, 2.45) is 0 Å². The highest BCUT2D eigenvalue weighted by atomic mass is 16.3. The van der Waals surface area contributed by atoms with Crippen molar-refractivity contribution in [2.45, 2.75) is 19.8 Å². The summed E-state index contributed by atoms with van der Waals surface area (Å²) in [6.07, 6.45) is 1.31. The molecule has 4 rings (SSSR count). The summed E-state index contributed by atoms with van der Waals surface area (Å²) < 4.78 is 0. The van der Waals surface area contributed by atoms with Gasteiger partial charge in [-0.15, -0.1) is 0 Å². The van der Waals surface area contributed by atoms with E-state index in [2.05, 4.69) is 12.1 Å². The van der Waals surface area contributed by atoms with Crippen LogP contribution in [0.15, 0.2) is 60.7 Å². The maximum Gasteiger partial charge on any atom is 0.164 e. The van der Waals surface area contributed by atoms with Crippen LogP contribution in [0.3, 0.4) is 0 Å². The van der Waals surface area contributed by atoms with E-state index in [1.807, 2.05) is 49.4 Å². The standard InChI is InChI=1S/C22H18O2/c1-14-13-20(24)21(22-18(14)11-12-19(22)23)17-9-7-16(8-10-17)15-5-3-2-4-6-15/h2-10,13,24H,11-12H2,1H3. The van der Waals surface area contributed by atoms with Gasteiger partial charge in [-0.1, -0.05) is 54.6 Å². The zero-order valence-corrected chi connectivity index (χ0v) is 13.5. The summed E-state index contributed by atoms with van der Waals surface area (Å²) in [5, 5.41) is 10.5. The molecule has 0 heterocycles. The third-order valence-corrected chi connectivity index (χ3v) is 4.80. The lowest BCUT2D eigenvalue weighted by atomic mass is 9.91. The number of aryl methyl sites for hydroxylation is 1. The minimum Gasteiger partial charge on any atom is -0.507 e. The largest absolute Gasteiger partial charge is 0.507 e. The maximum atomic E-state index is 12.3. The molecule has 24 heavy (non-hydrogen) atoms. The predicted octanol–water partition coefficient (Wildman–Crippen LogP) is 5.16. The molecule has 1 aliphatic rings. The Morgan fingerprint density at radius 1 is 0.792 bits per heavy atom. The van der Waals surface area contributed by atoms with Gasteiger partial charge in [0.25, 0.3) is 0 Å². The second kappa shape index (κ2) is 5.64. The van der Waals surface area contributed by atoms with Gasteiger partial charge in [0.2, 0.25) is 0 Å². The molecule has 2 heteroatoms. The molecule has 0 fully saturated rings. The Bertz CT molecular complexity index is 922. The number of aromatic hydroxyl groups is 1. The molecule has 1 aliphatic carbocycles. The first-order valence-electron chi connectivity index (χ1n) is 8.19. The SMILES string of the molecule is Cc1cc(O)c(-c2ccc(-c3ccccc3)cc2)c2c1CCC2=O. The number of carbonyl (C=O) groups excluding carboxylic acids is 1. The van der Waals surface area contributed by atoms with Gasteiger partial charge < -0.3 is 5.11 Å². The van der Waals surface area contributed by atoms with Crippen molar-refractivity contribution in [3.05, 3.63) is 77.4 Å². The normalized spacial score (nSPS) is 13.1. The zero-order valence-electron chi connectivity index (χ0n) is 13.5. The van der Waals surface area contributed by atoms with Crippen LogP contribution in [0.5, 0.6) is 5.75 Å². The van der Waals surface area contributed by atoms with Crippen LogP contribution in [0.2, 0.25) is 0 Å². The zero-order chi connectivity index (χ0) is 16.7. The second-order valence-corrected chi connectivity index (χ2v) is 6.31. The summed E-state index contributed by atoms with van der Waals surface area (Å²) in [5.41, 5.74) is 6.63. The van der Waals surface area contributed by atoms with Crippen LogP contribution in [0, 0.1) is 6.92 Å². The van der Waals surface area contributed by atoms with Crippen molar-refractivity contribution in [3.8, 4) is 28.0 Å². The van der Waals surface area contributed by atoms with E-state index in [0.29, 0.717) is 17.5 Å². The molecule has 118 valence electrons. The second-order valence-electron chi connectivity index (χ2n) is 6.31. The van der Waals surface area contributed by atoms with Crippen LogP contribution in [0.1, 0.15) is 27.9 Å². The van der Waals surface area contributed by atoms with Crippen LogP contribution in [-0.2, 0) is 6.42 Å². The molecule has 0 saturated heterocycles. The number of ketones is 1. The Balaban J connectivity index is 1.83. The first-order valence-corrected chi connectivity index (χ1v) is 8.19. The number of phenols is 1. The van der Waals surface area contributed by atoms with Gasteiger partial charge in [-0.2, -0.15) is 0 Å². The van der Waals surface area contributed by atoms with Crippen LogP contribution >= 0.6 is 0 Å². The minimum atomic E-state index is 0.131. The topological polar surface area (TPSA) is 37.3 Å². The molecule has 0 saturated carbocycles. The Hall–Kier alpha value is -2.87. The average Bonchev–Trinajstić information content (AvgIpc) is 2.99. The number of hydrogen-bond acceptors (Lipinski definition) is 2. The van der Waals surface area contributed by atoms with Gasteiger partial charge in [-0.25, -0.2) is 0 Å². The third-order valence-electron chi connectivity index (χ3n) is 4.80. The number of benzene rings is 3. The van der Waals surface area contributed by atoms with Crippen LogP contribution in [0.4, 0.5) is 0 Å². The summed E-state index contributed by atoms with van der Waals surface area (Å²) in [6, 6.07) is 20.0. The summed E-state index contributed by atoms with van der Waals surface area (Å²) in [5.74, 6) is 0.320. The first-order chi connectivity index (χ1) is 11.6. The number of Topliss-reactive ketones (excluding diaryl/α,β-unsaturated/α-hetero) is 1. The van der Waals surface area contributed by atoms with E-state index in [1.54, 1.807) is 6.07 Å². The van der Waals surface area contributed by atoms with Crippen LogP contribution < -0.4 is 0 Å². The molecule has 0 unspecified atom stereocenters. The molecule has 0 aliphatic heterocycles. The first kappa shape index (κ1) is 14.7. The van der Waals surface area contributed by atoms with Gasteiger partial charge in [-0.3, -0.25) is 4.79 Å². The minimum absolute atomic E-state index is 0.131. The monoisotopic (exact) mass is 314 g/mol. The quantitative estimate of drug-likeness (QED) is 0.709. The molecule has 0 amide bonds. The smallest absolute Gasteiger partial charge is 0.164 e. The van der Waals surface area contributed by atoms with Crippen molar-refractivity contribution in [1.82, 2.24) is 0 Å². The number of rotatable bonds is 2. The van der Waals surface area contributed by atoms with E-state index in [0.717, 1.165) is 34.2 Å². The van der Waals surface area contributed by atoms with Crippen molar-refractivity contribution < 1.29 is 9.90 Å². The molecule has 0 spiro atoms.